The van der Waals surface area contributed by atoms with Gasteiger partial charge < -0.3 is 15.5 Å². The highest BCUT2D eigenvalue weighted by atomic mass is 19.4. The first kappa shape index (κ1) is 29.5. The molecule has 2 atom stereocenters. The van der Waals surface area contributed by atoms with Crippen molar-refractivity contribution >= 4 is 5.97 Å². The molecule has 0 rings (SSSR count). The Labute approximate surface area is 165 Å². The SMILES string of the molecule is CCCC[C@H](NC[C@@H](O)C(F)(F)C(F)(F)C(F)(F)C(F)(F)C(F)(F)C(F)(F)F)C(=O)O. The van der Waals surface area contributed by atoms with Crippen LogP contribution < -0.4 is 5.32 Å². The third kappa shape index (κ3) is 5.12. The summed E-state index contributed by atoms with van der Waals surface area (Å²) in [5.74, 6) is -40.1. The molecule has 0 radical (unpaired) electrons. The highest BCUT2D eigenvalue weighted by Gasteiger charge is 2.91. The molecule has 0 aromatic rings. The van der Waals surface area contributed by atoms with Crippen LogP contribution in [0.3, 0.4) is 0 Å². The minimum absolute atomic E-state index is 0.115. The van der Waals surface area contributed by atoms with E-state index in [0.29, 0.717) is 6.42 Å². The highest BCUT2D eigenvalue weighted by Crippen LogP contribution is 2.60. The van der Waals surface area contributed by atoms with E-state index >= 15 is 0 Å². The van der Waals surface area contributed by atoms with Crippen LogP contribution in [0.5, 0.6) is 0 Å². The zero-order valence-corrected chi connectivity index (χ0v) is 15.2. The van der Waals surface area contributed by atoms with Crippen molar-refractivity contribution in [2.45, 2.75) is 74.1 Å². The number of hydrogen-bond donors (Lipinski definition) is 3. The Morgan fingerprint density at radius 2 is 1.23 bits per heavy atom. The van der Waals surface area contributed by atoms with E-state index < -0.39 is 60.4 Å². The Kier molecular flexibility index (Phi) is 8.70. The van der Waals surface area contributed by atoms with Crippen LogP contribution in [0.4, 0.5) is 57.1 Å². The lowest BCUT2D eigenvalue weighted by Gasteiger charge is -2.40. The Hall–Kier alpha value is -1.52. The van der Waals surface area contributed by atoms with Gasteiger partial charge in [-0.2, -0.15) is 57.1 Å². The summed E-state index contributed by atoms with van der Waals surface area (Å²) >= 11 is 0. The Morgan fingerprint density at radius 3 is 1.58 bits per heavy atom. The molecule has 0 aromatic carbocycles. The number of halogens is 13. The zero-order valence-electron chi connectivity index (χ0n) is 15.2. The van der Waals surface area contributed by atoms with E-state index in [0.717, 1.165) is 0 Å². The maximum absolute atomic E-state index is 13.7. The molecule has 0 amide bonds. The molecule has 0 fully saturated rings. The molecule has 3 N–H and O–H groups in total. The molecule has 0 heterocycles. The first-order valence-electron chi connectivity index (χ1n) is 8.14. The number of carbonyl (C=O) groups is 1. The molecule has 0 saturated carbocycles. The minimum atomic E-state index is -8.07. The maximum atomic E-state index is 13.7. The van der Waals surface area contributed by atoms with E-state index in [1.165, 1.54) is 0 Å². The van der Waals surface area contributed by atoms with E-state index in [4.69, 9.17) is 10.2 Å². The van der Waals surface area contributed by atoms with Gasteiger partial charge >= 0.3 is 41.8 Å². The number of hydrogen-bond acceptors (Lipinski definition) is 3. The molecule has 0 spiro atoms. The predicted molar refractivity (Wildman–Crippen MR) is 75.7 cm³/mol. The lowest BCUT2D eigenvalue weighted by molar-refractivity contribution is -0.444. The first-order chi connectivity index (χ1) is 13.5. The molecular formula is C14H16F13NO3. The molecule has 0 aromatic heterocycles. The second kappa shape index (κ2) is 9.15. The van der Waals surface area contributed by atoms with Crippen molar-refractivity contribution < 1.29 is 72.1 Å². The van der Waals surface area contributed by atoms with Crippen molar-refractivity contribution in [1.29, 1.82) is 0 Å². The smallest absolute Gasteiger partial charge is 0.460 e. The number of aliphatic hydroxyl groups is 1. The first-order valence-corrected chi connectivity index (χ1v) is 8.14. The van der Waals surface area contributed by atoms with Gasteiger partial charge in [0, 0.05) is 6.54 Å². The van der Waals surface area contributed by atoms with Crippen molar-refractivity contribution in [2.75, 3.05) is 6.54 Å². The fourth-order valence-electron chi connectivity index (χ4n) is 2.09. The second-order valence-electron chi connectivity index (χ2n) is 6.38. The molecule has 0 aliphatic carbocycles. The molecule has 0 unspecified atom stereocenters. The number of aliphatic hydroxyl groups excluding tert-OH is 1. The Morgan fingerprint density at radius 1 is 0.806 bits per heavy atom. The summed E-state index contributed by atoms with van der Waals surface area (Å²) in [6.45, 7) is -0.401. The van der Waals surface area contributed by atoms with Gasteiger partial charge in [0.1, 0.15) is 12.1 Å². The van der Waals surface area contributed by atoms with Crippen LogP contribution in [0.1, 0.15) is 26.2 Å². The molecular weight excluding hydrogens is 477 g/mol. The number of nitrogens with one attached hydrogen (secondary N) is 1. The van der Waals surface area contributed by atoms with Gasteiger partial charge in [-0.05, 0) is 6.42 Å². The molecule has 4 nitrogen and oxygen atoms in total. The number of alkyl halides is 13. The molecule has 0 saturated heterocycles. The number of rotatable bonds is 12. The quantitative estimate of drug-likeness (QED) is 0.355. The van der Waals surface area contributed by atoms with E-state index in [9.17, 15) is 61.9 Å². The third-order valence-electron chi connectivity index (χ3n) is 4.08. The number of carboxylic acids is 1. The van der Waals surface area contributed by atoms with Crippen molar-refractivity contribution in [3.8, 4) is 0 Å². The highest BCUT2D eigenvalue weighted by molar-refractivity contribution is 5.73. The largest absolute Gasteiger partial charge is 0.480 e. The summed E-state index contributed by atoms with van der Waals surface area (Å²) in [7, 11) is 0. The van der Waals surface area contributed by atoms with Gasteiger partial charge in [-0.1, -0.05) is 19.8 Å². The summed E-state index contributed by atoms with van der Waals surface area (Å²) in [4.78, 5) is 10.9. The van der Waals surface area contributed by atoms with E-state index in [-0.39, 0.29) is 12.8 Å². The number of aliphatic carboxylic acids is 1. The van der Waals surface area contributed by atoms with Gasteiger partial charge in [0.2, 0.25) is 0 Å². The van der Waals surface area contributed by atoms with Crippen molar-refractivity contribution in [2.24, 2.45) is 0 Å². The van der Waals surface area contributed by atoms with Gasteiger partial charge in [0.15, 0.2) is 0 Å². The minimum Gasteiger partial charge on any atom is -0.480 e. The Balaban J connectivity index is 5.91. The van der Waals surface area contributed by atoms with Gasteiger partial charge in [0.25, 0.3) is 0 Å². The monoisotopic (exact) mass is 493 g/mol. The van der Waals surface area contributed by atoms with E-state index in [1.54, 1.807) is 12.2 Å². The Bertz CT molecular complexity index is 621. The van der Waals surface area contributed by atoms with Crippen molar-refractivity contribution in [1.82, 2.24) is 5.32 Å². The number of carboxylic acid groups (broad SMARTS) is 1. The van der Waals surface area contributed by atoms with Crippen LogP contribution >= 0.6 is 0 Å². The third-order valence-corrected chi connectivity index (χ3v) is 4.08. The fourth-order valence-corrected chi connectivity index (χ4v) is 2.09. The molecule has 17 heteroatoms. The predicted octanol–water partition coefficient (Wildman–Crippen LogP) is 4.32. The average Bonchev–Trinajstić information content (AvgIpc) is 2.59. The van der Waals surface area contributed by atoms with Gasteiger partial charge in [-0.3, -0.25) is 4.79 Å². The van der Waals surface area contributed by atoms with Crippen molar-refractivity contribution in [3.05, 3.63) is 0 Å². The fraction of sp³-hybridized carbons (Fsp3) is 0.929. The summed E-state index contributed by atoms with van der Waals surface area (Å²) in [5.41, 5.74) is 0. The van der Waals surface area contributed by atoms with Crippen LogP contribution in [0.25, 0.3) is 0 Å². The van der Waals surface area contributed by atoms with Gasteiger partial charge in [-0.25, -0.2) is 0 Å². The molecule has 31 heavy (non-hydrogen) atoms. The van der Waals surface area contributed by atoms with Crippen LogP contribution in [-0.4, -0.2) is 70.7 Å². The maximum Gasteiger partial charge on any atom is 0.460 e. The van der Waals surface area contributed by atoms with Crippen LogP contribution in [0.2, 0.25) is 0 Å². The van der Waals surface area contributed by atoms with E-state index in [1.807, 2.05) is 0 Å². The molecule has 0 aliphatic rings. The van der Waals surface area contributed by atoms with Crippen LogP contribution in [0.15, 0.2) is 0 Å². The molecule has 186 valence electrons. The van der Waals surface area contributed by atoms with Crippen LogP contribution in [0, 0.1) is 0 Å². The topological polar surface area (TPSA) is 69.6 Å². The lowest BCUT2D eigenvalue weighted by atomic mass is 9.91. The average molecular weight is 493 g/mol. The van der Waals surface area contributed by atoms with Gasteiger partial charge in [0.05, 0.1) is 0 Å². The number of unbranched alkanes of at least 4 members (excludes halogenated alkanes) is 1. The summed E-state index contributed by atoms with van der Waals surface area (Å²) in [6.07, 6.45) is -11.5. The molecule has 0 aliphatic heterocycles. The lowest BCUT2D eigenvalue weighted by Crippen LogP contribution is -2.72. The van der Waals surface area contributed by atoms with E-state index in [2.05, 4.69) is 0 Å². The summed E-state index contributed by atoms with van der Waals surface area (Å²) < 4.78 is 169. The second-order valence-corrected chi connectivity index (χ2v) is 6.38. The van der Waals surface area contributed by atoms with Crippen molar-refractivity contribution in [3.63, 3.8) is 0 Å². The van der Waals surface area contributed by atoms with Crippen LogP contribution in [-0.2, 0) is 4.79 Å². The molecule has 0 bridgehead atoms. The zero-order chi connectivity index (χ0) is 25.3. The normalized spacial score (nSPS) is 16.9. The standard InChI is InChI=1S/C14H16F13NO3/c1-2-3-4-6(8(30)31)28-5-7(29)9(15,16)10(17,18)11(19,20)12(21,22)13(23,24)14(25,26)27/h6-7,28-29H,2-5H2,1H3,(H,30,31)/t6-,7+/m0/s1. The summed E-state index contributed by atoms with van der Waals surface area (Å²) in [5, 5.41) is 19.4. The summed E-state index contributed by atoms with van der Waals surface area (Å²) in [6, 6.07) is -1.80. The van der Waals surface area contributed by atoms with Gasteiger partial charge in [-0.15, -0.1) is 0 Å².